The topological polar surface area (TPSA) is 52.6 Å². The van der Waals surface area contributed by atoms with E-state index in [4.69, 9.17) is 0 Å². The Balaban J connectivity index is 1.76. The molecule has 136 valence electrons. The fourth-order valence-electron chi connectivity index (χ4n) is 3.36. The highest BCUT2D eigenvalue weighted by Crippen LogP contribution is 2.17. The average molecular weight is 352 g/mol. The molecule has 1 aliphatic heterocycles. The summed E-state index contributed by atoms with van der Waals surface area (Å²) in [6.45, 7) is 14.2. The molecule has 0 radical (unpaired) electrons. The maximum Gasteiger partial charge on any atom is 0.191 e. The highest BCUT2D eigenvalue weighted by molar-refractivity contribution is 7.11. The van der Waals surface area contributed by atoms with Gasteiger partial charge >= 0.3 is 0 Å². The third-order valence-electron chi connectivity index (χ3n) is 4.42. The summed E-state index contributed by atoms with van der Waals surface area (Å²) in [6.07, 6.45) is 2.62. The van der Waals surface area contributed by atoms with Crippen molar-refractivity contribution in [1.29, 1.82) is 0 Å². The van der Waals surface area contributed by atoms with Crippen LogP contribution in [0.15, 0.2) is 4.99 Å². The first-order chi connectivity index (χ1) is 11.5. The molecule has 1 fully saturated rings. The summed E-state index contributed by atoms with van der Waals surface area (Å²) in [5.74, 6) is 2.35. The number of guanidine groups is 1. The molecule has 1 atom stereocenters. The fourth-order valence-corrected chi connectivity index (χ4v) is 4.24. The van der Waals surface area contributed by atoms with Crippen molar-refractivity contribution < 1.29 is 0 Å². The van der Waals surface area contributed by atoms with Crippen LogP contribution in [0.5, 0.6) is 0 Å². The van der Waals surface area contributed by atoms with Crippen LogP contribution in [-0.4, -0.2) is 49.1 Å². The molecule has 1 aromatic heterocycles. The van der Waals surface area contributed by atoms with Crippen LogP contribution < -0.4 is 10.6 Å². The van der Waals surface area contributed by atoms with E-state index in [9.17, 15) is 0 Å². The second-order valence-corrected chi connectivity index (χ2v) is 8.50. The molecule has 0 aromatic carbocycles. The van der Waals surface area contributed by atoms with Crippen molar-refractivity contribution in [3.63, 3.8) is 0 Å². The van der Waals surface area contributed by atoms with Crippen molar-refractivity contribution in [1.82, 2.24) is 20.5 Å². The molecule has 2 rings (SSSR count). The lowest BCUT2D eigenvalue weighted by Crippen LogP contribution is -2.44. The predicted molar refractivity (Wildman–Crippen MR) is 104 cm³/mol. The summed E-state index contributed by atoms with van der Waals surface area (Å²) in [7, 11) is 1.84. The molecule has 24 heavy (non-hydrogen) atoms. The van der Waals surface area contributed by atoms with Gasteiger partial charge in [0.2, 0.25) is 0 Å². The van der Waals surface area contributed by atoms with Crippen molar-refractivity contribution in [3.05, 3.63) is 15.6 Å². The monoisotopic (exact) mass is 351 g/mol. The van der Waals surface area contributed by atoms with Crippen LogP contribution in [-0.2, 0) is 6.54 Å². The molecule has 2 heterocycles. The molecule has 2 N–H and O–H groups in total. The minimum atomic E-state index is 0.712. The smallest absolute Gasteiger partial charge is 0.191 e. The number of piperidine rings is 1. The number of nitrogens with zero attached hydrogens (tertiary/aromatic N) is 3. The van der Waals surface area contributed by atoms with E-state index in [1.165, 1.54) is 37.4 Å². The van der Waals surface area contributed by atoms with E-state index in [0.29, 0.717) is 5.92 Å². The van der Waals surface area contributed by atoms with Crippen molar-refractivity contribution in [3.8, 4) is 0 Å². The maximum absolute atomic E-state index is 4.48. The molecule has 0 amide bonds. The van der Waals surface area contributed by atoms with Crippen LogP contribution in [0.4, 0.5) is 0 Å². The fraction of sp³-hybridized carbons (Fsp3) is 0.778. The summed E-state index contributed by atoms with van der Waals surface area (Å²) in [5.41, 5.74) is 1.12. The Labute approximate surface area is 151 Å². The number of aliphatic imine (C=N–C) groups is 1. The quantitative estimate of drug-likeness (QED) is 0.611. The number of nitrogens with one attached hydrogen (secondary N) is 2. The first kappa shape index (κ1) is 19.2. The summed E-state index contributed by atoms with van der Waals surface area (Å²) in [4.78, 5) is 12.7. The number of thiazole rings is 1. The molecule has 1 saturated heterocycles. The van der Waals surface area contributed by atoms with Gasteiger partial charge in [0.1, 0.15) is 0 Å². The minimum Gasteiger partial charge on any atom is -0.356 e. The van der Waals surface area contributed by atoms with Gasteiger partial charge in [0.25, 0.3) is 0 Å². The lowest BCUT2D eigenvalue weighted by atomic mass is 9.97. The Kier molecular flexibility index (Phi) is 7.49. The number of likely N-dealkylation sites (tertiary alicyclic amines) is 1. The van der Waals surface area contributed by atoms with E-state index < -0.39 is 0 Å². The van der Waals surface area contributed by atoms with E-state index >= 15 is 0 Å². The van der Waals surface area contributed by atoms with Crippen LogP contribution >= 0.6 is 11.3 Å². The average Bonchev–Trinajstić information content (AvgIpc) is 2.85. The van der Waals surface area contributed by atoms with Crippen LogP contribution in [0.3, 0.4) is 0 Å². The third-order valence-corrected chi connectivity index (χ3v) is 5.50. The highest BCUT2D eigenvalue weighted by atomic mass is 32.1. The van der Waals surface area contributed by atoms with Gasteiger partial charge in [-0.1, -0.05) is 13.8 Å². The van der Waals surface area contributed by atoms with Crippen LogP contribution in [0.2, 0.25) is 0 Å². The number of rotatable bonds is 6. The second-order valence-electron chi connectivity index (χ2n) is 7.21. The third kappa shape index (κ3) is 6.06. The number of hydrogen-bond acceptors (Lipinski definition) is 4. The van der Waals surface area contributed by atoms with E-state index in [-0.39, 0.29) is 0 Å². The van der Waals surface area contributed by atoms with Crippen LogP contribution in [0.1, 0.15) is 42.3 Å². The molecule has 0 aliphatic carbocycles. The van der Waals surface area contributed by atoms with Crippen molar-refractivity contribution in [2.75, 3.05) is 33.2 Å². The number of aryl methyl sites for hydroxylation is 2. The van der Waals surface area contributed by atoms with Crippen molar-refractivity contribution in [2.24, 2.45) is 16.8 Å². The molecule has 0 bridgehead atoms. The Morgan fingerprint density at radius 3 is 2.79 bits per heavy atom. The summed E-state index contributed by atoms with van der Waals surface area (Å²) in [5, 5.41) is 8.05. The molecule has 5 nitrogen and oxygen atoms in total. The number of hydrogen-bond donors (Lipinski definition) is 2. The van der Waals surface area contributed by atoms with Gasteiger partial charge in [0.05, 0.1) is 17.2 Å². The molecule has 0 saturated carbocycles. The molecule has 1 aliphatic rings. The molecular formula is C18H33N5S. The SMILES string of the molecule is CN=C(NCc1sc(C)nc1C)NCC1CCCN(CC(C)C)C1. The summed E-state index contributed by atoms with van der Waals surface area (Å²) >= 11 is 1.76. The lowest BCUT2D eigenvalue weighted by Gasteiger charge is -2.34. The minimum absolute atomic E-state index is 0.712. The van der Waals surface area contributed by atoms with Gasteiger partial charge in [-0.05, 0) is 45.1 Å². The molecule has 1 aromatic rings. The van der Waals surface area contributed by atoms with Gasteiger partial charge in [0.15, 0.2) is 5.96 Å². The Bertz CT molecular complexity index is 538. The molecule has 1 unspecified atom stereocenters. The van der Waals surface area contributed by atoms with Crippen LogP contribution in [0.25, 0.3) is 0 Å². The van der Waals surface area contributed by atoms with E-state index in [0.717, 1.165) is 35.7 Å². The number of aromatic nitrogens is 1. The largest absolute Gasteiger partial charge is 0.356 e. The van der Waals surface area contributed by atoms with Gasteiger partial charge in [-0.25, -0.2) is 4.98 Å². The standard InChI is InChI=1S/C18H33N5S/c1-13(2)11-23-8-6-7-16(12-23)9-20-18(19-5)21-10-17-14(3)22-15(4)24-17/h13,16H,6-12H2,1-5H3,(H2,19,20,21). The maximum atomic E-state index is 4.48. The first-order valence-electron chi connectivity index (χ1n) is 9.07. The van der Waals surface area contributed by atoms with Gasteiger partial charge in [-0.15, -0.1) is 11.3 Å². The van der Waals surface area contributed by atoms with E-state index in [1.807, 2.05) is 7.05 Å². The van der Waals surface area contributed by atoms with Gasteiger partial charge < -0.3 is 15.5 Å². The highest BCUT2D eigenvalue weighted by Gasteiger charge is 2.20. The van der Waals surface area contributed by atoms with Gasteiger partial charge in [0, 0.05) is 31.6 Å². The van der Waals surface area contributed by atoms with Gasteiger partial charge in [-0.2, -0.15) is 0 Å². The predicted octanol–water partition coefficient (Wildman–Crippen LogP) is 2.79. The second kappa shape index (κ2) is 9.37. The first-order valence-corrected chi connectivity index (χ1v) is 9.89. The zero-order chi connectivity index (χ0) is 17.5. The Hall–Kier alpha value is -1.14. The van der Waals surface area contributed by atoms with Crippen molar-refractivity contribution >= 4 is 17.3 Å². The van der Waals surface area contributed by atoms with E-state index in [2.05, 4.69) is 53.2 Å². The summed E-state index contributed by atoms with van der Waals surface area (Å²) < 4.78 is 0. The van der Waals surface area contributed by atoms with Gasteiger partial charge in [-0.3, -0.25) is 4.99 Å². The zero-order valence-electron chi connectivity index (χ0n) is 15.9. The molecule has 6 heteroatoms. The summed E-state index contributed by atoms with van der Waals surface area (Å²) in [6, 6.07) is 0. The Morgan fingerprint density at radius 2 is 2.17 bits per heavy atom. The van der Waals surface area contributed by atoms with Crippen molar-refractivity contribution in [2.45, 2.75) is 47.1 Å². The Morgan fingerprint density at radius 1 is 1.38 bits per heavy atom. The zero-order valence-corrected chi connectivity index (χ0v) is 16.7. The normalized spacial score (nSPS) is 19.8. The molecule has 0 spiro atoms. The van der Waals surface area contributed by atoms with Crippen LogP contribution in [0, 0.1) is 25.7 Å². The van der Waals surface area contributed by atoms with E-state index in [1.54, 1.807) is 11.3 Å². The molecular weight excluding hydrogens is 318 g/mol. The lowest BCUT2D eigenvalue weighted by molar-refractivity contribution is 0.159.